The van der Waals surface area contributed by atoms with Crippen LogP contribution in [0.3, 0.4) is 0 Å². The fourth-order valence-corrected chi connectivity index (χ4v) is 3.60. The van der Waals surface area contributed by atoms with Crippen molar-refractivity contribution < 1.29 is 23.4 Å². The highest BCUT2D eigenvalue weighted by molar-refractivity contribution is 6.30. The maximum absolute atomic E-state index is 12.8. The maximum atomic E-state index is 12.8. The Labute approximate surface area is 188 Å². The normalized spacial score (nSPS) is 10.8. The predicted molar refractivity (Wildman–Crippen MR) is 122 cm³/mol. The van der Waals surface area contributed by atoms with E-state index in [9.17, 15) is 9.59 Å². The molecule has 0 aliphatic carbocycles. The predicted octanol–water partition coefficient (Wildman–Crippen LogP) is 5.66. The van der Waals surface area contributed by atoms with Crippen LogP contribution in [0, 0.1) is 6.92 Å². The van der Waals surface area contributed by atoms with E-state index in [-0.39, 0.29) is 5.75 Å². The van der Waals surface area contributed by atoms with Crippen LogP contribution in [0.1, 0.15) is 15.9 Å². The zero-order valence-corrected chi connectivity index (χ0v) is 18.4. The molecule has 4 aromatic rings. The first-order chi connectivity index (χ1) is 15.4. The van der Waals surface area contributed by atoms with Gasteiger partial charge in [0.1, 0.15) is 11.3 Å². The van der Waals surface area contributed by atoms with E-state index in [1.165, 1.54) is 13.2 Å². The molecule has 0 atom stereocenters. The Balaban J connectivity index is 1.71. The molecule has 0 amide bonds. The number of aryl methyl sites for hydroxylation is 1. The lowest BCUT2D eigenvalue weighted by Gasteiger charge is -2.12. The van der Waals surface area contributed by atoms with Crippen molar-refractivity contribution in [2.45, 2.75) is 6.92 Å². The Bertz CT molecular complexity index is 1370. The van der Waals surface area contributed by atoms with Crippen molar-refractivity contribution in [1.82, 2.24) is 0 Å². The average Bonchev–Trinajstić information content (AvgIpc) is 2.79. The topological polar surface area (TPSA) is 75.0 Å². The lowest BCUT2D eigenvalue weighted by Crippen LogP contribution is -2.09. The van der Waals surface area contributed by atoms with Crippen LogP contribution in [-0.2, 0) is 0 Å². The number of carbonyl (C=O) groups is 1. The Morgan fingerprint density at radius 2 is 1.62 bits per heavy atom. The summed E-state index contributed by atoms with van der Waals surface area (Å²) in [7, 11) is 3.08. The number of hydrogen-bond donors (Lipinski definition) is 0. The van der Waals surface area contributed by atoms with Crippen LogP contribution in [-0.4, -0.2) is 20.2 Å². The molecule has 6 nitrogen and oxygen atoms in total. The van der Waals surface area contributed by atoms with E-state index in [1.807, 2.05) is 6.92 Å². The molecular formula is C25H19ClO6. The molecule has 0 saturated heterocycles. The number of hydrogen-bond acceptors (Lipinski definition) is 6. The van der Waals surface area contributed by atoms with Crippen molar-refractivity contribution in [3.63, 3.8) is 0 Å². The molecule has 0 N–H and O–H groups in total. The monoisotopic (exact) mass is 450 g/mol. The molecule has 0 unspecified atom stereocenters. The molecule has 32 heavy (non-hydrogen) atoms. The SMILES string of the molecule is COc1ccc(-c2c(C)c3ccc(OC(=O)c4ccc(Cl)cc4)cc3oc2=O)cc1OC. The molecule has 4 rings (SSSR count). The molecule has 7 heteroatoms. The Kier molecular flexibility index (Phi) is 5.88. The number of ether oxygens (including phenoxy) is 3. The smallest absolute Gasteiger partial charge is 0.344 e. The van der Waals surface area contributed by atoms with Gasteiger partial charge in [0.15, 0.2) is 11.5 Å². The van der Waals surface area contributed by atoms with Crippen molar-refractivity contribution in [3.8, 4) is 28.4 Å². The van der Waals surface area contributed by atoms with Gasteiger partial charge in [0, 0.05) is 16.5 Å². The summed E-state index contributed by atoms with van der Waals surface area (Å²) in [4.78, 5) is 25.2. The van der Waals surface area contributed by atoms with Gasteiger partial charge in [0.2, 0.25) is 0 Å². The highest BCUT2D eigenvalue weighted by Gasteiger charge is 2.17. The first-order valence-corrected chi connectivity index (χ1v) is 10.1. The molecule has 0 saturated carbocycles. The van der Waals surface area contributed by atoms with Crippen LogP contribution in [0.15, 0.2) is 69.9 Å². The third-order valence-electron chi connectivity index (χ3n) is 5.10. The second-order valence-electron chi connectivity index (χ2n) is 7.01. The molecule has 0 spiro atoms. The van der Waals surface area contributed by atoms with Crippen LogP contribution in [0.5, 0.6) is 17.2 Å². The first-order valence-electron chi connectivity index (χ1n) is 9.69. The average molecular weight is 451 g/mol. The number of rotatable bonds is 5. The lowest BCUT2D eigenvalue weighted by molar-refractivity contribution is 0.0735. The standard InChI is InChI=1S/C25H19ClO6/c1-14-19-10-9-18(31-24(27)15-4-7-17(26)8-5-15)13-21(19)32-25(28)23(14)16-6-11-20(29-2)22(12-16)30-3/h4-13H,1-3H3. The van der Waals surface area contributed by atoms with Crippen LogP contribution < -0.4 is 19.8 Å². The van der Waals surface area contributed by atoms with Gasteiger partial charge in [-0.25, -0.2) is 9.59 Å². The first kappa shape index (κ1) is 21.5. The van der Waals surface area contributed by atoms with Gasteiger partial charge in [0.25, 0.3) is 0 Å². The summed E-state index contributed by atoms with van der Waals surface area (Å²) in [6.07, 6.45) is 0. The van der Waals surface area contributed by atoms with E-state index in [2.05, 4.69) is 0 Å². The minimum absolute atomic E-state index is 0.263. The summed E-state index contributed by atoms with van der Waals surface area (Å²) < 4.78 is 21.6. The number of carbonyl (C=O) groups excluding carboxylic acids is 1. The largest absolute Gasteiger partial charge is 0.493 e. The second kappa shape index (κ2) is 8.77. The highest BCUT2D eigenvalue weighted by atomic mass is 35.5. The van der Waals surface area contributed by atoms with E-state index in [0.717, 1.165) is 10.9 Å². The van der Waals surface area contributed by atoms with Crippen molar-refractivity contribution in [2.75, 3.05) is 14.2 Å². The molecule has 1 heterocycles. The zero-order chi connectivity index (χ0) is 22.8. The Morgan fingerprint density at radius 1 is 0.906 bits per heavy atom. The Morgan fingerprint density at radius 3 is 2.31 bits per heavy atom. The third kappa shape index (κ3) is 4.05. The summed E-state index contributed by atoms with van der Waals surface area (Å²) in [5.74, 6) is 0.792. The molecule has 1 aromatic heterocycles. The van der Waals surface area contributed by atoms with Gasteiger partial charge in [-0.05, 0) is 66.6 Å². The number of halogens is 1. The molecule has 0 radical (unpaired) electrons. The zero-order valence-electron chi connectivity index (χ0n) is 17.6. The van der Waals surface area contributed by atoms with Gasteiger partial charge in [-0.2, -0.15) is 0 Å². The van der Waals surface area contributed by atoms with Crippen molar-refractivity contribution in [2.24, 2.45) is 0 Å². The minimum Gasteiger partial charge on any atom is -0.493 e. The number of esters is 1. The molecule has 162 valence electrons. The molecule has 0 bridgehead atoms. The second-order valence-corrected chi connectivity index (χ2v) is 7.45. The molecule has 0 fully saturated rings. The van der Waals surface area contributed by atoms with E-state index in [0.29, 0.717) is 38.8 Å². The summed E-state index contributed by atoms with van der Waals surface area (Å²) in [5, 5.41) is 1.25. The third-order valence-corrected chi connectivity index (χ3v) is 5.35. The summed E-state index contributed by atoms with van der Waals surface area (Å²) in [5.41, 5.74) is 1.97. The van der Waals surface area contributed by atoms with Crippen LogP contribution in [0.2, 0.25) is 5.02 Å². The van der Waals surface area contributed by atoms with Crippen molar-refractivity contribution >= 4 is 28.5 Å². The van der Waals surface area contributed by atoms with Gasteiger partial charge in [-0.3, -0.25) is 0 Å². The van der Waals surface area contributed by atoms with E-state index >= 15 is 0 Å². The fraction of sp³-hybridized carbons (Fsp3) is 0.120. The van der Waals surface area contributed by atoms with Gasteiger partial charge in [-0.15, -0.1) is 0 Å². The number of benzene rings is 3. The van der Waals surface area contributed by atoms with E-state index in [4.69, 9.17) is 30.2 Å². The maximum Gasteiger partial charge on any atom is 0.344 e. The van der Waals surface area contributed by atoms with E-state index < -0.39 is 11.6 Å². The van der Waals surface area contributed by atoms with Crippen LogP contribution in [0.25, 0.3) is 22.1 Å². The minimum atomic E-state index is -0.540. The fourth-order valence-electron chi connectivity index (χ4n) is 3.48. The molecule has 3 aromatic carbocycles. The lowest BCUT2D eigenvalue weighted by atomic mass is 9.99. The number of fused-ring (bicyclic) bond motifs is 1. The van der Waals surface area contributed by atoms with Gasteiger partial charge >= 0.3 is 11.6 Å². The molecule has 0 aliphatic rings. The molecular weight excluding hydrogens is 432 g/mol. The van der Waals surface area contributed by atoms with Gasteiger partial charge in [0.05, 0.1) is 25.3 Å². The Hall–Kier alpha value is -3.77. The number of methoxy groups -OCH3 is 2. The summed E-state index contributed by atoms with van der Waals surface area (Å²) in [6, 6.07) is 16.5. The molecule has 0 aliphatic heterocycles. The van der Waals surface area contributed by atoms with Crippen molar-refractivity contribution in [1.29, 1.82) is 0 Å². The quantitative estimate of drug-likeness (QED) is 0.222. The van der Waals surface area contributed by atoms with Crippen LogP contribution >= 0.6 is 11.6 Å². The van der Waals surface area contributed by atoms with E-state index in [1.54, 1.807) is 61.7 Å². The van der Waals surface area contributed by atoms with Crippen molar-refractivity contribution in [3.05, 3.63) is 87.2 Å². The summed E-state index contributed by atoms with van der Waals surface area (Å²) in [6.45, 7) is 1.84. The highest BCUT2D eigenvalue weighted by Crippen LogP contribution is 2.34. The van der Waals surface area contributed by atoms with Gasteiger partial charge in [-0.1, -0.05) is 17.7 Å². The summed E-state index contributed by atoms with van der Waals surface area (Å²) >= 11 is 5.85. The van der Waals surface area contributed by atoms with Gasteiger partial charge < -0.3 is 18.6 Å². The van der Waals surface area contributed by atoms with Crippen LogP contribution in [0.4, 0.5) is 0 Å².